The largest absolute Gasteiger partial charge is 0.503 e. The molecule has 0 aromatic heterocycles. The first-order chi connectivity index (χ1) is 18.2. The molecular formula is C29H32BrNO7. The van der Waals surface area contributed by atoms with Crippen LogP contribution in [0.4, 0.5) is 0 Å². The Kier molecular flexibility index (Phi) is 8.35. The van der Waals surface area contributed by atoms with Crippen LogP contribution < -0.4 is 19.5 Å². The molecule has 0 bridgehead atoms. The number of dihydropyridines is 1. The van der Waals surface area contributed by atoms with Crippen molar-refractivity contribution < 1.29 is 33.6 Å². The number of phenols is 1. The van der Waals surface area contributed by atoms with E-state index < -0.39 is 11.9 Å². The maximum absolute atomic E-state index is 13.8. The van der Waals surface area contributed by atoms with Gasteiger partial charge >= 0.3 is 5.97 Å². The predicted molar refractivity (Wildman–Crippen MR) is 146 cm³/mol. The van der Waals surface area contributed by atoms with Crippen molar-refractivity contribution in [3.05, 3.63) is 68.5 Å². The number of nitrogens with one attached hydrogen (secondary N) is 1. The minimum absolute atomic E-state index is 0.0568. The number of ether oxygens (including phenoxy) is 4. The highest BCUT2D eigenvalue weighted by atomic mass is 79.9. The number of aromatic hydroxyl groups is 1. The molecule has 0 radical (unpaired) electrons. The van der Waals surface area contributed by atoms with Gasteiger partial charge in [-0.2, -0.15) is 0 Å². The molecule has 0 unspecified atom stereocenters. The fourth-order valence-electron chi connectivity index (χ4n) is 5.17. The third-order valence-corrected chi connectivity index (χ3v) is 7.57. The number of ketones is 1. The standard InChI is InChI=1S/C29H32BrNO7/c1-6-9-38-29(34)25-15(2)31-20-11-17(16-7-8-22(35-3)23(13-16)36-4)12-21(32)27(20)26(25)18-10-19(30)28(33)24(14-18)37-5/h7-8,10,13-14,17,26,31,33H,6,9,11-12H2,1-5H3/t17-,26+/m0/s1. The van der Waals surface area contributed by atoms with Crippen LogP contribution in [-0.4, -0.2) is 44.8 Å². The molecule has 202 valence electrons. The zero-order valence-corrected chi connectivity index (χ0v) is 23.7. The average Bonchev–Trinajstić information content (AvgIpc) is 2.91. The molecule has 2 aromatic rings. The van der Waals surface area contributed by atoms with Gasteiger partial charge in [0.25, 0.3) is 0 Å². The number of carbonyl (C=O) groups excluding carboxylic acids is 2. The van der Waals surface area contributed by atoms with Gasteiger partial charge in [0.15, 0.2) is 28.8 Å². The van der Waals surface area contributed by atoms with Crippen molar-refractivity contribution in [1.82, 2.24) is 5.32 Å². The first kappa shape index (κ1) is 27.6. The molecule has 0 saturated heterocycles. The highest BCUT2D eigenvalue weighted by Crippen LogP contribution is 2.48. The molecule has 2 aromatic carbocycles. The van der Waals surface area contributed by atoms with Crippen LogP contribution in [0.25, 0.3) is 0 Å². The maximum Gasteiger partial charge on any atom is 0.336 e. The van der Waals surface area contributed by atoms with Crippen LogP contribution in [-0.2, 0) is 14.3 Å². The number of Topliss-reactive ketones (excluding diaryl/α,β-unsaturated/α-hetero) is 1. The van der Waals surface area contributed by atoms with Crippen LogP contribution in [0.2, 0.25) is 0 Å². The number of hydrogen-bond donors (Lipinski definition) is 2. The van der Waals surface area contributed by atoms with E-state index in [4.69, 9.17) is 18.9 Å². The van der Waals surface area contributed by atoms with Crippen molar-refractivity contribution >= 4 is 27.7 Å². The van der Waals surface area contributed by atoms with Gasteiger partial charge in [-0.05, 0) is 77.0 Å². The molecule has 4 rings (SSSR count). The first-order valence-electron chi connectivity index (χ1n) is 12.4. The molecule has 38 heavy (non-hydrogen) atoms. The zero-order valence-electron chi connectivity index (χ0n) is 22.1. The lowest BCUT2D eigenvalue weighted by Gasteiger charge is -2.37. The van der Waals surface area contributed by atoms with Gasteiger partial charge in [-0.3, -0.25) is 4.79 Å². The Morgan fingerprint density at radius 1 is 1.03 bits per heavy atom. The summed E-state index contributed by atoms with van der Waals surface area (Å²) in [6.07, 6.45) is 1.51. The van der Waals surface area contributed by atoms with E-state index in [0.717, 1.165) is 11.3 Å². The van der Waals surface area contributed by atoms with Crippen molar-refractivity contribution in [2.75, 3.05) is 27.9 Å². The van der Waals surface area contributed by atoms with Crippen LogP contribution in [0.3, 0.4) is 0 Å². The smallest absolute Gasteiger partial charge is 0.336 e. The lowest BCUT2D eigenvalue weighted by Crippen LogP contribution is -2.36. The van der Waals surface area contributed by atoms with Crippen molar-refractivity contribution in [3.63, 3.8) is 0 Å². The van der Waals surface area contributed by atoms with Crippen LogP contribution in [0, 0.1) is 0 Å². The Morgan fingerprint density at radius 3 is 2.37 bits per heavy atom. The molecule has 0 saturated carbocycles. The zero-order chi connectivity index (χ0) is 27.6. The summed E-state index contributed by atoms with van der Waals surface area (Å²) in [5.74, 6) is 0.0854. The Bertz CT molecular complexity index is 1330. The van der Waals surface area contributed by atoms with Gasteiger partial charge in [0.1, 0.15) is 0 Å². The van der Waals surface area contributed by atoms with Crippen molar-refractivity contribution in [2.45, 2.75) is 44.9 Å². The molecule has 2 atom stereocenters. The summed E-state index contributed by atoms with van der Waals surface area (Å²) in [5, 5.41) is 13.8. The van der Waals surface area contributed by atoms with E-state index in [9.17, 15) is 14.7 Å². The summed E-state index contributed by atoms with van der Waals surface area (Å²) in [4.78, 5) is 27.1. The number of methoxy groups -OCH3 is 3. The van der Waals surface area contributed by atoms with Crippen LogP contribution >= 0.6 is 15.9 Å². The summed E-state index contributed by atoms with van der Waals surface area (Å²) < 4.78 is 22.1. The van der Waals surface area contributed by atoms with Gasteiger partial charge in [-0.25, -0.2) is 4.79 Å². The summed E-state index contributed by atoms with van der Waals surface area (Å²) in [6.45, 7) is 4.01. The molecule has 1 aliphatic heterocycles. The molecule has 1 aliphatic carbocycles. The van der Waals surface area contributed by atoms with Crippen LogP contribution in [0.1, 0.15) is 56.1 Å². The monoisotopic (exact) mass is 585 g/mol. The second kappa shape index (κ2) is 11.5. The summed E-state index contributed by atoms with van der Waals surface area (Å²) in [7, 11) is 4.62. The number of allylic oxidation sites excluding steroid dienone is 3. The second-order valence-corrected chi connectivity index (χ2v) is 10.2. The third kappa shape index (κ3) is 5.12. The molecule has 2 aliphatic rings. The number of rotatable bonds is 8. The van der Waals surface area contributed by atoms with E-state index in [1.54, 1.807) is 26.4 Å². The van der Waals surface area contributed by atoms with Crippen LogP contribution in [0.15, 0.2) is 57.3 Å². The fraction of sp³-hybridized carbons (Fsp3) is 0.379. The second-order valence-electron chi connectivity index (χ2n) is 9.32. The summed E-state index contributed by atoms with van der Waals surface area (Å²) in [6, 6.07) is 9.07. The number of esters is 1. The van der Waals surface area contributed by atoms with E-state index >= 15 is 0 Å². The number of halogens is 1. The van der Waals surface area contributed by atoms with Crippen LogP contribution in [0.5, 0.6) is 23.0 Å². The van der Waals surface area contributed by atoms with E-state index in [-0.39, 0.29) is 36.2 Å². The maximum atomic E-state index is 13.8. The lowest BCUT2D eigenvalue weighted by molar-refractivity contribution is -0.139. The average molecular weight is 586 g/mol. The normalized spacial score (nSPS) is 19.1. The topological polar surface area (TPSA) is 103 Å². The Labute approximate surface area is 230 Å². The van der Waals surface area contributed by atoms with Gasteiger partial charge in [0.2, 0.25) is 0 Å². The van der Waals surface area contributed by atoms with Crippen molar-refractivity contribution in [1.29, 1.82) is 0 Å². The van der Waals surface area contributed by atoms with Gasteiger partial charge in [0.05, 0.1) is 38.0 Å². The first-order valence-corrected chi connectivity index (χ1v) is 13.2. The molecule has 9 heteroatoms. The lowest BCUT2D eigenvalue weighted by atomic mass is 9.71. The fourth-order valence-corrected chi connectivity index (χ4v) is 5.63. The molecule has 8 nitrogen and oxygen atoms in total. The van der Waals surface area contributed by atoms with Crippen molar-refractivity contribution in [2.24, 2.45) is 0 Å². The molecule has 0 spiro atoms. The van der Waals surface area contributed by atoms with Gasteiger partial charge in [-0.1, -0.05) is 13.0 Å². The molecule has 0 amide bonds. The Hall–Kier alpha value is -3.46. The van der Waals surface area contributed by atoms with Gasteiger partial charge in [-0.15, -0.1) is 0 Å². The van der Waals surface area contributed by atoms with Gasteiger partial charge < -0.3 is 29.4 Å². The van der Waals surface area contributed by atoms with E-state index in [1.807, 2.05) is 32.0 Å². The molecular weight excluding hydrogens is 554 g/mol. The van der Waals surface area contributed by atoms with E-state index in [1.165, 1.54) is 7.11 Å². The number of phenolic OH excluding ortho intramolecular Hbond substituents is 1. The van der Waals surface area contributed by atoms with E-state index in [0.29, 0.717) is 51.2 Å². The number of carbonyl (C=O) groups is 2. The Balaban J connectivity index is 1.82. The van der Waals surface area contributed by atoms with Gasteiger partial charge in [0, 0.05) is 29.3 Å². The Morgan fingerprint density at radius 2 is 1.71 bits per heavy atom. The number of hydrogen-bond acceptors (Lipinski definition) is 8. The summed E-state index contributed by atoms with van der Waals surface area (Å²) >= 11 is 3.39. The summed E-state index contributed by atoms with van der Waals surface area (Å²) in [5.41, 5.74) is 3.88. The SMILES string of the molecule is CCCOC(=O)C1=C(C)NC2=C(C(=O)C[C@@H](c3ccc(OC)c(OC)c3)C2)[C@@H]1c1cc(Br)c(O)c(OC)c1. The van der Waals surface area contributed by atoms with E-state index in [2.05, 4.69) is 21.2 Å². The highest BCUT2D eigenvalue weighted by Gasteiger charge is 2.42. The predicted octanol–water partition coefficient (Wildman–Crippen LogP) is 5.50. The third-order valence-electron chi connectivity index (χ3n) is 6.97. The molecule has 0 fully saturated rings. The molecule has 1 heterocycles. The minimum Gasteiger partial charge on any atom is -0.503 e. The highest BCUT2D eigenvalue weighted by molar-refractivity contribution is 9.10. The minimum atomic E-state index is -0.680. The quantitative estimate of drug-likeness (QED) is 0.392. The van der Waals surface area contributed by atoms with Crippen molar-refractivity contribution in [3.8, 4) is 23.0 Å². The number of benzene rings is 2. The molecule has 2 N–H and O–H groups in total.